The number of hydrogen-bond donors (Lipinski definition) is 3. The average Bonchev–Trinajstić information content (AvgIpc) is 2.89. The Morgan fingerprint density at radius 2 is 1.97 bits per heavy atom. The number of rotatable bonds is 5. The Labute approximate surface area is 171 Å². The van der Waals surface area contributed by atoms with Crippen LogP contribution in [0.15, 0.2) is 42.5 Å². The normalized spacial score (nSPS) is 18.7. The van der Waals surface area contributed by atoms with Gasteiger partial charge in [0.2, 0.25) is 0 Å². The summed E-state index contributed by atoms with van der Waals surface area (Å²) in [7, 11) is 0. The number of nitrogens with one attached hydrogen (secondary N) is 3. The lowest BCUT2D eigenvalue weighted by Gasteiger charge is -2.35. The predicted molar refractivity (Wildman–Crippen MR) is 116 cm³/mol. The number of nitrogens with zero attached hydrogens (tertiary/aromatic N) is 1. The van der Waals surface area contributed by atoms with E-state index in [2.05, 4.69) is 27.8 Å². The molecule has 0 radical (unpaired) electrons. The Balaban J connectivity index is 1.40. The fraction of sp³-hybridized carbons (Fsp3) is 0.391. The number of benzene rings is 2. The Kier molecular flexibility index (Phi) is 5.81. The third-order valence-corrected chi connectivity index (χ3v) is 5.88. The van der Waals surface area contributed by atoms with Crippen molar-refractivity contribution >= 4 is 28.9 Å². The van der Waals surface area contributed by atoms with Crippen LogP contribution in [0.5, 0.6) is 0 Å². The Hall–Kier alpha value is -2.86. The number of carbonyl (C=O) groups excluding carboxylic acids is 2. The third kappa shape index (κ3) is 4.27. The van der Waals surface area contributed by atoms with Crippen molar-refractivity contribution in [2.45, 2.75) is 38.6 Å². The monoisotopic (exact) mass is 392 g/mol. The molecule has 4 rings (SSSR count). The molecule has 2 amide bonds. The van der Waals surface area contributed by atoms with E-state index in [4.69, 9.17) is 0 Å². The van der Waals surface area contributed by atoms with E-state index in [0.717, 1.165) is 30.9 Å². The van der Waals surface area contributed by atoms with Crippen LogP contribution in [0, 0.1) is 0 Å². The van der Waals surface area contributed by atoms with Crippen molar-refractivity contribution in [2.24, 2.45) is 0 Å². The second-order valence-electron chi connectivity index (χ2n) is 7.73. The first-order chi connectivity index (χ1) is 14.2. The van der Waals surface area contributed by atoms with Gasteiger partial charge in [0.1, 0.15) is 0 Å². The van der Waals surface area contributed by atoms with Crippen LogP contribution in [0.25, 0.3) is 0 Å². The first-order valence-electron chi connectivity index (χ1n) is 10.5. The highest BCUT2D eigenvalue weighted by molar-refractivity contribution is 6.12. The van der Waals surface area contributed by atoms with Gasteiger partial charge in [0.15, 0.2) is 0 Å². The lowest BCUT2D eigenvalue weighted by molar-refractivity contribution is 0.0933. The number of hydrogen-bond acceptors (Lipinski definition) is 4. The van der Waals surface area contributed by atoms with Crippen molar-refractivity contribution in [2.75, 3.05) is 30.3 Å². The first-order valence-corrected chi connectivity index (χ1v) is 10.5. The average molecular weight is 393 g/mol. The number of carbonyl (C=O) groups is 2. The van der Waals surface area contributed by atoms with Gasteiger partial charge in [-0.3, -0.25) is 14.5 Å². The van der Waals surface area contributed by atoms with Gasteiger partial charge in [-0.2, -0.15) is 0 Å². The number of para-hydroxylation sites is 1. The lowest BCUT2D eigenvalue weighted by Crippen LogP contribution is -2.43. The summed E-state index contributed by atoms with van der Waals surface area (Å²) in [4.78, 5) is 27.6. The van der Waals surface area contributed by atoms with Crippen LogP contribution < -0.4 is 16.0 Å². The van der Waals surface area contributed by atoms with E-state index in [1.165, 1.54) is 19.3 Å². The van der Waals surface area contributed by atoms with Gasteiger partial charge >= 0.3 is 0 Å². The summed E-state index contributed by atoms with van der Waals surface area (Å²) < 4.78 is 0. The predicted octanol–water partition coefficient (Wildman–Crippen LogP) is 3.99. The van der Waals surface area contributed by atoms with Crippen LogP contribution >= 0.6 is 0 Å². The molecule has 0 aromatic heterocycles. The maximum atomic E-state index is 12.6. The van der Waals surface area contributed by atoms with Crippen LogP contribution in [-0.2, 0) is 0 Å². The van der Waals surface area contributed by atoms with Crippen LogP contribution in [0.1, 0.15) is 53.3 Å². The molecule has 1 saturated heterocycles. The van der Waals surface area contributed by atoms with Crippen molar-refractivity contribution in [3.8, 4) is 0 Å². The molecule has 0 spiro atoms. The minimum atomic E-state index is -0.180. The molecule has 1 atom stereocenters. The molecule has 2 aliphatic rings. The second kappa shape index (κ2) is 8.66. The topological polar surface area (TPSA) is 73.5 Å². The first kappa shape index (κ1) is 19.5. The summed E-state index contributed by atoms with van der Waals surface area (Å²) in [6.07, 6.45) is 4.96. The van der Waals surface area contributed by atoms with E-state index in [0.29, 0.717) is 29.4 Å². The van der Waals surface area contributed by atoms with Crippen LogP contribution in [-0.4, -0.2) is 42.4 Å². The van der Waals surface area contributed by atoms with Gasteiger partial charge in [0.05, 0.1) is 22.6 Å². The van der Waals surface area contributed by atoms with E-state index in [9.17, 15) is 9.59 Å². The van der Waals surface area contributed by atoms with Crippen LogP contribution in [0.4, 0.5) is 17.1 Å². The molecule has 2 aromatic rings. The van der Waals surface area contributed by atoms with Gasteiger partial charge in [-0.1, -0.05) is 25.5 Å². The maximum Gasteiger partial charge on any atom is 0.257 e. The summed E-state index contributed by atoms with van der Waals surface area (Å²) in [5, 5.41) is 9.21. The molecule has 29 heavy (non-hydrogen) atoms. The summed E-state index contributed by atoms with van der Waals surface area (Å²) in [6.45, 7) is 4.86. The van der Waals surface area contributed by atoms with Crippen molar-refractivity contribution in [3.63, 3.8) is 0 Å². The summed E-state index contributed by atoms with van der Waals surface area (Å²) >= 11 is 0. The fourth-order valence-corrected chi connectivity index (χ4v) is 4.25. The zero-order valence-electron chi connectivity index (χ0n) is 16.8. The maximum absolute atomic E-state index is 12.6. The molecule has 6 heteroatoms. The number of amides is 2. The van der Waals surface area contributed by atoms with E-state index in [1.54, 1.807) is 18.2 Å². The van der Waals surface area contributed by atoms with E-state index < -0.39 is 0 Å². The number of likely N-dealkylation sites (tertiary alicyclic amines) is 1. The number of fused-ring (bicyclic) bond motifs is 2. The highest BCUT2D eigenvalue weighted by Gasteiger charge is 2.21. The standard InChI is InChI=1S/C23H28N4O2/c1-2-17-7-5-6-13-27(17)14-12-24-22(28)16-10-11-20-21(15-16)26-23(29)18-8-3-4-9-19(18)25-20/h3-4,8-11,15,17,25H,2,5-7,12-14H2,1H3,(H,24,28)(H,26,29). The largest absolute Gasteiger partial charge is 0.353 e. The molecule has 1 unspecified atom stereocenters. The van der Waals surface area contributed by atoms with Gasteiger partial charge in [0, 0.05) is 24.7 Å². The molecule has 2 aromatic carbocycles. The molecule has 3 N–H and O–H groups in total. The van der Waals surface area contributed by atoms with E-state index in [-0.39, 0.29) is 11.8 Å². The fourth-order valence-electron chi connectivity index (χ4n) is 4.25. The van der Waals surface area contributed by atoms with Gasteiger partial charge in [-0.05, 0) is 56.1 Å². The molecule has 1 fully saturated rings. The molecular formula is C23H28N4O2. The highest BCUT2D eigenvalue weighted by Crippen LogP contribution is 2.32. The second-order valence-corrected chi connectivity index (χ2v) is 7.73. The van der Waals surface area contributed by atoms with Gasteiger partial charge < -0.3 is 16.0 Å². The smallest absolute Gasteiger partial charge is 0.257 e. The number of anilines is 3. The van der Waals surface area contributed by atoms with Gasteiger partial charge in [-0.15, -0.1) is 0 Å². The van der Waals surface area contributed by atoms with Crippen LogP contribution in [0.3, 0.4) is 0 Å². The molecule has 6 nitrogen and oxygen atoms in total. The molecule has 0 aliphatic carbocycles. The molecule has 2 aliphatic heterocycles. The van der Waals surface area contributed by atoms with Crippen molar-refractivity contribution < 1.29 is 9.59 Å². The molecule has 152 valence electrons. The lowest BCUT2D eigenvalue weighted by atomic mass is 10.0. The van der Waals surface area contributed by atoms with E-state index in [1.807, 2.05) is 24.3 Å². The van der Waals surface area contributed by atoms with Crippen molar-refractivity contribution in [3.05, 3.63) is 53.6 Å². The molecule has 2 heterocycles. The Morgan fingerprint density at radius 1 is 1.10 bits per heavy atom. The molecule has 0 bridgehead atoms. The van der Waals surface area contributed by atoms with Gasteiger partial charge in [0.25, 0.3) is 11.8 Å². The molecule has 0 saturated carbocycles. The number of piperidine rings is 1. The minimum absolute atomic E-state index is 0.117. The van der Waals surface area contributed by atoms with Crippen molar-refractivity contribution in [1.29, 1.82) is 0 Å². The third-order valence-electron chi connectivity index (χ3n) is 5.88. The zero-order valence-corrected chi connectivity index (χ0v) is 16.8. The van der Waals surface area contributed by atoms with Crippen molar-refractivity contribution in [1.82, 2.24) is 10.2 Å². The summed E-state index contributed by atoms with van der Waals surface area (Å²) in [6, 6.07) is 13.4. The quantitative estimate of drug-likeness (QED) is 0.719. The van der Waals surface area contributed by atoms with Crippen LogP contribution in [0.2, 0.25) is 0 Å². The Bertz CT molecular complexity index is 912. The SMILES string of the molecule is CCC1CCCCN1CCNC(=O)c1ccc2c(c1)NC(=O)c1ccccc1N2. The zero-order chi connectivity index (χ0) is 20.2. The minimum Gasteiger partial charge on any atom is -0.353 e. The molecular weight excluding hydrogens is 364 g/mol. The van der Waals surface area contributed by atoms with E-state index >= 15 is 0 Å². The highest BCUT2D eigenvalue weighted by atomic mass is 16.2. The van der Waals surface area contributed by atoms with Gasteiger partial charge in [-0.25, -0.2) is 0 Å². The Morgan fingerprint density at radius 3 is 2.83 bits per heavy atom. The summed E-state index contributed by atoms with van der Waals surface area (Å²) in [5.74, 6) is -0.297. The summed E-state index contributed by atoms with van der Waals surface area (Å²) in [5.41, 5.74) is 3.28.